The third-order valence-corrected chi connectivity index (χ3v) is 2.90. The first-order valence-corrected chi connectivity index (χ1v) is 6.35. The smallest absolute Gasteiger partial charge is 0.328 e. The minimum Gasteiger partial charge on any atom is -0.480 e. The molecule has 9 nitrogen and oxygen atoms in total. The Hall–Kier alpha value is -1.87. The normalized spacial score (nSPS) is 18.0. The maximum atomic E-state index is 11.7. The van der Waals surface area contributed by atoms with Crippen LogP contribution in [0.5, 0.6) is 0 Å². The molecule has 0 aliphatic carbocycles. The molecule has 0 aromatic carbocycles. The van der Waals surface area contributed by atoms with Gasteiger partial charge in [0.05, 0.1) is 12.6 Å². The number of aliphatic carboxylic acids is 1. The van der Waals surface area contributed by atoms with E-state index in [1.165, 1.54) is 6.92 Å². The van der Waals surface area contributed by atoms with E-state index in [9.17, 15) is 19.5 Å². The monoisotopic (exact) mass is 288 g/mol. The molecule has 1 aliphatic heterocycles. The largest absolute Gasteiger partial charge is 0.480 e. The molecule has 1 saturated heterocycles. The second kappa shape index (κ2) is 7.65. The molecule has 0 aromatic rings. The van der Waals surface area contributed by atoms with Crippen LogP contribution in [-0.4, -0.2) is 77.9 Å². The molecule has 1 aliphatic rings. The lowest BCUT2D eigenvalue weighted by Crippen LogP contribution is -2.54. The highest BCUT2D eigenvalue weighted by atomic mass is 16.4. The fraction of sp³-hybridized carbons (Fsp3) is 0.727. The minimum atomic E-state index is -1.41. The van der Waals surface area contributed by atoms with Gasteiger partial charge in [-0.3, -0.25) is 4.79 Å². The Balaban J connectivity index is 2.34. The molecular weight excluding hydrogens is 268 g/mol. The van der Waals surface area contributed by atoms with Gasteiger partial charge in [0, 0.05) is 26.2 Å². The number of aliphatic hydroxyl groups is 1. The second-order valence-electron chi connectivity index (χ2n) is 4.51. The number of carboxylic acids is 1. The Labute approximate surface area is 116 Å². The maximum absolute atomic E-state index is 11.7. The molecule has 0 unspecified atom stereocenters. The van der Waals surface area contributed by atoms with Crippen molar-refractivity contribution in [3.63, 3.8) is 0 Å². The number of carbonyl (C=O) groups excluding carboxylic acids is 2. The number of hydrogen-bond acceptors (Lipinski definition) is 5. The van der Waals surface area contributed by atoms with E-state index in [4.69, 9.17) is 5.11 Å². The molecule has 0 aromatic heterocycles. The predicted octanol–water partition coefficient (Wildman–Crippen LogP) is -2.45. The van der Waals surface area contributed by atoms with Crippen molar-refractivity contribution in [1.29, 1.82) is 0 Å². The summed E-state index contributed by atoms with van der Waals surface area (Å²) in [5.41, 5.74) is 0. The van der Waals surface area contributed by atoms with Crippen LogP contribution in [0.4, 0.5) is 4.79 Å². The molecular formula is C11H20N4O5. The standard InChI is InChI=1S/C11H20N4O5/c1-7(16)9(10(18)19)14-11(20)13-6-8(17)15-4-2-12-3-5-15/h7,9,12,16H,2-6H2,1H3,(H,18,19)(H2,13,14,20)/t7-,9+/m1/s1. The molecule has 20 heavy (non-hydrogen) atoms. The summed E-state index contributed by atoms with van der Waals surface area (Å²) in [6, 6.07) is -2.22. The van der Waals surface area contributed by atoms with Crippen molar-refractivity contribution in [3.05, 3.63) is 0 Å². The summed E-state index contributed by atoms with van der Waals surface area (Å²) in [7, 11) is 0. The van der Waals surface area contributed by atoms with E-state index >= 15 is 0 Å². The SMILES string of the molecule is C[C@@H](O)[C@H](NC(=O)NCC(=O)N1CCNCC1)C(=O)O. The van der Waals surface area contributed by atoms with Gasteiger partial charge in [0.25, 0.3) is 0 Å². The van der Waals surface area contributed by atoms with Crippen LogP contribution < -0.4 is 16.0 Å². The van der Waals surface area contributed by atoms with Gasteiger partial charge in [-0.2, -0.15) is 0 Å². The summed E-state index contributed by atoms with van der Waals surface area (Å²) in [5.74, 6) is -1.57. The van der Waals surface area contributed by atoms with Crippen molar-refractivity contribution in [2.24, 2.45) is 0 Å². The van der Waals surface area contributed by atoms with Crippen LogP contribution in [0.1, 0.15) is 6.92 Å². The molecule has 114 valence electrons. The van der Waals surface area contributed by atoms with Gasteiger partial charge >= 0.3 is 12.0 Å². The lowest BCUT2D eigenvalue weighted by molar-refractivity contribution is -0.141. The van der Waals surface area contributed by atoms with Crippen molar-refractivity contribution in [2.75, 3.05) is 32.7 Å². The number of carboxylic acid groups (broad SMARTS) is 1. The third kappa shape index (κ3) is 5.02. The number of nitrogens with zero attached hydrogens (tertiary/aromatic N) is 1. The number of urea groups is 1. The summed E-state index contributed by atoms with van der Waals surface area (Å²) >= 11 is 0. The molecule has 1 heterocycles. The number of hydrogen-bond donors (Lipinski definition) is 5. The highest BCUT2D eigenvalue weighted by Gasteiger charge is 2.25. The fourth-order valence-electron chi connectivity index (χ4n) is 1.76. The van der Waals surface area contributed by atoms with Crippen molar-refractivity contribution in [1.82, 2.24) is 20.9 Å². The summed E-state index contributed by atoms with van der Waals surface area (Å²) in [6.07, 6.45) is -1.23. The summed E-state index contributed by atoms with van der Waals surface area (Å²) in [4.78, 5) is 35.6. The molecule has 0 radical (unpaired) electrons. The van der Waals surface area contributed by atoms with Crippen LogP contribution in [0.15, 0.2) is 0 Å². The average molecular weight is 288 g/mol. The van der Waals surface area contributed by atoms with E-state index in [0.29, 0.717) is 26.2 Å². The second-order valence-corrected chi connectivity index (χ2v) is 4.51. The first-order chi connectivity index (χ1) is 9.41. The Morgan fingerprint density at radius 3 is 2.40 bits per heavy atom. The van der Waals surface area contributed by atoms with Gasteiger partial charge in [-0.05, 0) is 6.92 Å². The van der Waals surface area contributed by atoms with Gasteiger partial charge in [-0.1, -0.05) is 0 Å². The van der Waals surface area contributed by atoms with Crippen molar-refractivity contribution in [2.45, 2.75) is 19.1 Å². The Bertz CT molecular complexity index is 368. The van der Waals surface area contributed by atoms with Gasteiger partial charge in [0.1, 0.15) is 0 Å². The Morgan fingerprint density at radius 1 is 1.30 bits per heavy atom. The van der Waals surface area contributed by atoms with Gasteiger partial charge in [-0.15, -0.1) is 0 Å². The van der Waals surface area contributed by atoms with Crippen molar-refractivity contribution < 1.29 is 24.6 Å². The maximum Gasteiger partial charge on any atom is 0.328 e. The third-order valence-electron chi connectivity index (χ3n) is 2.90. The van der Waals surface area contributed by atoms with Gasteiger partial charge in [0.15, 0.2) is 6.04 Å². The van der Waals surface area contributed by atoms with Crippen LogP contribution >= 0.6 is 0 Å². The number of amides is 3. The van der Waals surface area contributed by atoms with E-state index in [2.05, 4.69) is 16.0 Å². The van der Waals surface area contributed by atoms with E-state index in [1.54, 1.807) is 4.90 Å². The first-order valence-electron chi connectivity index (χ1n) is 6.35. The zero-order chi connectivity index (χ0) is 15.1. The quantitative estimate of drug-likeness (QED) is 0.382. The Kier molecular flexibility index (Phi) is 6.19. The van der Waals surface area contributed by atoms with Crippen molar-refractivity contribution >= 4 is 17.9 Å². The molecule has 3 amide bonds. The van der Waals surface area contributed by atoms with Gasteiger partial charge in [-0.25, -0.2) is 9.59 Å². The lowest BCUT2D eigenvalue weighted by Gasteiger charge is -2.27. The molecule has 0 saturated carbocycles. The van der Waals surface area contributed by atoms with E-state index in [-0.39, 0.29) is 12.5 Å². The van der Waals surface area contributed by atoms with Crippen LogP contribution in [-0.2, 0) is 9.59 Å². The zero-order valence-electron chi connectivity index (χ0n) is 11.3. The summed E-state index contributed by atoms with van der Waals surface area (Å²) in [5, 5.41) is 25.5. The first kappa shape index (κ1) is 16.2. The fourth-order valence-corrected chi connectivity index (χ4v) is 1.76. The highest BCUT2D eigenvalue weighted by Crippen LogP contribution is 1.94. The summed E-state index contributed by atoms with van der Waals surface area (Å²) in [6.45, 7) is 3.62. The number of aliphatic hydroxyl groups excluding tert-OH is 1. The molecule has 1 rings (SSSR count). The van der Waals surface area contributed by atoms with Gasteiger partial charge in [0.2, 0.25) is 5.91 Å². The molecule has 0 bridgehead atoms. The minimum absolute atomic E-state index is 0.210. The highest BCUT2D eigenvalue weighted by molar-refractivity contribution is 5.86. The predicted molar refractivity (Wildman–Crippen MR) is 69.1 cm³/mol. The number of piperazine rings is 1. The molecule has 1 fully saturated rings. The average Bonchev–Trinajstić information content (AvgIpc) is 2.42. The van der Waals surface area contributed by atoms with Crippen LogP contribution in [0.2, 0.25) is 0 Å². The van der Waals surface area contributed by atoms with E-state index in [0.717, 1.165) is 0 Å². The van der Waals surface area contributed by atoms with Crippen LogP contribution in [0, 0.1) is 0 Å². The van der Waals surface area contributed by atoms with Gasteiger partial charge < -0.3 is 31.1 Å². The molecule has 9 heteroatoms. The molecule has 0 spiro atoms. The van der Waals surface area contributed by atoms with Crippen LogP contribution in [0.3, 0.4) is 0 Å². The Morgan fingerprint density at radius 2 is 1.90 bits per heavy atom. The topological polar surface area (TPSA) is 131 Å². The van der Waals surface area contributed by atoms with E-state index < -0.39 is 24.1 Å². The zero-order valence-corrected chi connectivity index (χ0v) is 11.3. The van der Waals surface area contributed by atoms with Crippen LogP contribution in [0.25, 0.3) is 0 Å². The van der Waals surface area contributed by atoms with Crippen molar-refractivity contribution in [3.8, 4) is 0 Å². The molecule has 2 atom stereocenters. The summed E-state index contributed by atoms with van der Waals surface area (Å²) < 4.78 is 0. The molecule has 5 N–H and O–H groups in total. The lowest BCUT2D eigenvalue weighted by atomic mass is 10.2. The number of rotatable bonds is 5. The van der Waals surface area contributed by atoms with E-state index in [1.807, 2.05) is 0 Å². The number of nitrogens with one attached hydrogen (secondary N) is 3. The number of carbonyl (C=O) groups is 3.